The van der Waals surface area contributed by atoms with Gasteiger partial charge < -0.3 is 5.73 Å². The maximum absolute atomic E-state index is 8.98. The summed E-state index contributed by atoms with van der Waals surface area (Å²) in [5, 5.41) is 8.98. The van der Waals surface area contributed by atoms with Crippen LogP contribution in [0.1, 0.15) is 18.1 Å². The molecule has 0 fully saturated rings. The van der Waals surface area contributed by atoms with Gasteiger partial charge in [0.2, 0.25) is 0 Å². The summed E-state index contributed by atoms with van der Waals surface area (Å²) in [6.07, 6.45) is 0. The summed E-state index contributed by atoms with van der Waals surface area (Å²) in [5.74, 6) is 0.922. The SMILES string of the molecule is CC1(c2ccccc2C#N)CSC=N1.NC=S. The van der Waals surface area contributed by atoms with Gasteiger partial charge in [0.1, 0.15) is 0 Å². The summed E-state index contributed by atoms with van der Waals surface area (Å²) in [7, 11) is 0. The van der Waals surface area contributed by atoms with Gasteiger partial charge in [-0.25, -0.2) is 0 Å². The van der Waals surface area contributed by atoms with Crippen molar-refractivity contribution in [3.63, 3.8) is 0 Å². The minimum atomic E-state index is -0.211. The molecule has 1 aromatic rings. The lowest BCUT2D eigenvalue weighted by atomic mass is 9.91. The van der Waals surface area contributed by atoms with Gasteiger partial charge in [-0.1, -0.05) is 30.4 Å². The molecule has 0 amide bonds. The molecule has 1 aliphatic heterocycles. The van der Waals surface area contributed by atoms with Crippen molar-refractivity contribution in [2.24, 2.45) is 10.7 Å². The lowest BCUT2D eigenvalue weighted by molar-refractivity contribution is 0.580. The number of hydrogen-bond donors (Lipinski definition) is 1. The molecule has 0 bridgehead atoms. The average Bonchev–Trinajstić information content (AvgIpc) is 2.78. The van der Waals surface area contributed by atoms with E-state index in [2.05, 4.69) is 35.9 Å². The molecule has 17 heavy (non-hydrogen) atoms. The van der Waals surface area contributed by atoms with Crippen molar-refractivity contribution in [3.8, 4) is 6.07 Å². The van der Waals surface area contributed by atoms with E-state index in [0.717, 1.165) is 22.4 Å². The van der Waals surface area contributed by atoms with Crippen LogP contribution in [0.4, 0.5) is 0 Å². The first-order chi connectivity index (χ1) is 8.18. The Labute approximate surface area is 111 Å². The van der Waals surface area contributed by atoms with Crippen molar-refractivity contribution in [2.45, 2.75) is 12.5 Å². The molecule has 0 aliphatic carbocycles. The number of hydrogen-bond acceptors (Lipinski definition) is 4. The molecule has 5 heteroatoms. The molecule has 1 heterocycles. The number of nitriles is 1. The van der Waals surface area contributed by atoms with Crippen molar-refractivity contribution in [2.75, 3.05) is 5.75 Å². The third-order valence-corrected chi connectivity index (χ3v) is 3.39. The lowest BCUT2D eigenvalue weighted by Gasteiger charge is -2.21. The van der Waals surface area contributed by atoms with Crippen LogP contribution in [0, 0.1) is 11.3 Å². The quantitative estimate of drug-likeness (QED) is 0.791. The molecule has 0 radical (unpaired) electrons. The van der Waals surface area contributed by atoms with Crippen LogP contribution in [-0.4, -0.2) is 16.8 Å². The fourth-order valence-electron chi connectivity index (χ4n) is 1.59. The highest BCUT2D eigenvalue weighted by atomic mass is 32.2. The highest BCUT2D eigenvalue weighted by Gasteiger charge is 2.30. The van der Waals surface area contributed by atoms with E-state index in [1.54, 1.807) is 11.8 Å². The van der Waals surface area contributed by atoms with Gasteiger partial charge in [-0.2, -0.15) is 5.26 Å². The number of nitrogens with two attached hydrogens (primary N) is 1. The van der Waals surface area contributed by atoms with E-state index in [9.17, 15) is 0 Å². The predicted octanol–water partition coefficient (Wildman–Crippen LogP) is 2.45. The third-order valence-electron chi connectivity index (χ3n) is 2.40. The molecule has 88 valence electrons. The van der Waals surface area contributed by atoms with Gasteiger partial charge in [0.05, 0.1) is 28.2 Å². The third kappa shape index (κ3) is 3.29. The Balaban J connectivity index is 0.000000437. The van der Waals surface area contributed by atoms with Crippen LogP contribution in [0.25, 0.3) is 0 Å². The minimum Gasteiger partial charge on any atom is -0.396 e. The van der Waals surface area contributed by atoms with Gasteiger partial charge >= 0.3 is 0 Å². The van der Waals surface area contributed by atoms with Gasteiger partial charge in [-0.05, 0) is 18.6 Å². The van der Waals surface area contributed by atoms with Crippen molar-refractivity contribution in [1.82, 2.24) is 0 Å². The summed E-state index contributed by atoms with van der Waals surface area (Å²) in [6.45, 7) is 2.07. The number of benzene rings is 1. The molecule has 1 aromatic carbocycles. The zero-order valence-corrected chi connectivity index (χ0v) is 11.1. The Morgan fingerprint density at radius 2 is 2.24 bits per heavy atom. The van der Waals surface area contributed by atoms with Crippen molar-refractivity contribution >= 4 is 35.0 Å². The highest BCUT2D eigenvalue weighted by Crippen LogP contribution is 2.35. The summed E-state index contributed by atoms with van der Waals surface area (Å²) < 4.78 is 0. The van der Waals surface area contributed by atoms with Gasteiger partial charge in [-0.15, -0.1) is 11.8 Å². The van der Waals surface area contributed by atoms with Crippen LogP contribution in [-0.2, 0) is 5.54 Å². The Hall–Kier alpha value is -1.38. The van der Waals surface area contributed by atoms with E-state index in [1.165, 1.54) is 0 Å². The molecule has 2 N–H and O–H groups in total. The molecule has 3 nitrogen and oxygen atoms in total. The number of thioether (sulfide) groups is 1. The van der Waals surface area contributed by atoms with Crippen molar-refractivity contribution in [3.05, 3.63) is 35.4 Å². The topological polar surface area (TPSA) is 62.2 Å². The lowest BCUT2D eigenvalue weighted by Crippen LogP contribution is -2.20. The highest BCUT2D eigenvalue weighted by molar-refractivity contribution is 8.12. The van der Waals surface area contributed by atoms with Crippen LogP contribution < -0.4 is 5.73 Å². The van der Waals surface area contributed by atoms with Crippen LogP contribution in [0.5, 0.6) is 0 Å². The van der Waals surface area contributed by atoms with Gasteiger partial charge in [0, 0.05) is 5.75 Å². The first kappa shape index (κ1) is 13.7. The molecule has 1 aliphatic rings. The second kappa shape index (κ2) is 6.38. The standard InChI is InChI=1S/C11H10N2S.CH3NS/c1-11(7-14-8-13-11)10-5-3-2-4-9(10)6-12;2-1-3/h2-5,8H,7H2,1H3;1H,(H2,2,3). The zero-order valence-electron chi connectivity index (χ0n) is 9.46. The monoisotopic (exact) mass is 263 g/mol. The smallest absolute Gasteiger partial charge is 0.0995 e. The molecular formula is C12H13N3S2. The second-order valence-corrected chi connectivity index (χ2v) is 4.72. The van der Waals surface area contributed by atoms with Crippen LogP contribution in [0.3, 0.4) is 0 Å². The molecule has 0 saturated heterocycles. The van der Waals surface area contributed by atoms with E-state index in [1.807, 2.05) is 29.8 Å². The fraction of sp³-hybridized carbons (Fsp3) is 0.250. The molecular weight excluding hydrogens is 250 g/mol. The molecule has 2 rings (SSSR count). The largest absolute Gasteiger partial charge is 0.396 e. The maximum atomic E-state index is 8.98. The zero-order chi connectivity index (χ0) is 12.7. The number of thiocarbonyl (C=S) groups is 1. The van der Waals surface area contributed by atoms with E-state index < -0.39 is 0 Å². The van der Waals surface area contributed by atoms with Crippen molar-refractivity contribution in [1.29, 1.82) is 5.26 Å². The molecule has 0 aromatic heterocycles. The van der Waals surface area contributed by atoms with Crippen LogP contribution in [0.2, 0.25) is 0 Å². The number of rotatable bonds is 1. The number of aliphatic imine (C=N–C) groups is 1. The van der Waals surface area contributed by atoms with Crippen molar-refractivity contribution < 1.29 is 0 Å². The fourth-order valence-corrected chi connectivity index (χ4v) is 2.52. The van der Waals surface area contributed by atoms with E-state index >= 15 is 0 Å². The average molecular weight is 263 g/mol. The Morgan fingerprint density at radius 3 is 2.76 bits per heavy atom. The summed E-state index contributed by atoms with van der Waals surface area (Å²) in [4.78, 5) is 4.43. The van der Waals surface area contributed by atoms with Crippen LogP contribution in [0.15, 0.2) is 29.3 Å². The van der Waals surface area contributed by atoms with E-state index in [-0.39, 0.29) is 5.54 Å². The minimum absolute atomic E-state index is 0.211. The van der Waals surface area contributed by atoms with E-state index in [0.29, 0.717) is 0 Å². The summed E-state index contributed by atoms with van der Waals surface area (Å²) >= 11 is 5.74. The molecule has 1 unspecified atom stereocenters. The second-order valence-electron chi connectivity index (χ2n) is 3.61. The Kier molecular flexibility index (Phi) is 5.13. The summed E-state index contributed by atoms with van der Waals surface area (Å²) in [5.41, 5.74) is 9.04. The molecule has 0 saturated carbocycles. The van der Waals surface area contributed by atoms with E-state index in [4.69, 9.17) is 5.26 Å². The molecule has 0 spiro atoms. The van der Waals surface area contributed by atoms with Crippen LogP contribution >= 0.6 is 24.0 Å². The van der Waals surface area contributed by atoms with Gasteiger partial charge in [0.25, 0.3) is 0 Å². The Bertz CT molecular complexity index is 465. The van der Waals surface area contributed by atoms with Gasteiger partial charge in [0.15, 0.2) is 0 Å². The predicted molar refractivity (Wildman–Crippen MR) is 77.3 cm³/mol. The first-order valence-corrected chi connectivity index (χ1v) is 6.50. The molecule has 1 atom stereocenters. The van der Waals surface area contributed by atoms with Gasteiger partial charge in [-0.3, -0.25) is 4.99 Å². The summed E-state index contributed by atoms with van der Waals surface area (Å²) in [6, 6.07) is 9.89. The first-order valence-electron chi connectivity index (χ1n) is 4.98. The Morgan fingerprint density at radius 1 is 1.59 bits per heavy atom. The normalized spacial score (nSPS) is 21.2. The number of nitrogens with zero attached hydrogens (tertiary/aromatic N) is 2. The maximum Gasteiger partial charge on any atom is 0.0995 e.